The number of aromatic hydroxyl groups is 1. The molecule has 1 N–H and O–H groups in total. The van der Waals surface area contributed by atoms with Gasteiger partial charge in [0.2, 0.25) is 0 Å². The van der Waals surface area contributed by atoms with Crippen LogP contribution in [-0.2, 0) is 5.41 Å². The summed E-state index contributed by atoms with van der Waals surface area (Å²) in [6.07, 6.45) is 0.862. The van der Waals surface area contributed by atoms with Crippen LogP contribution in [0.4, 0.5) is 17.1 Å². The molecule has 1 unspecified atom stereocenters. The molecule has 0 radical (unpaired) electrons. The summed E-state index contributed by atoms with van der Waals surface area (Å²) in [4.78, 5) is 10.7. The van der Waals surface area contributed by atoms with Crippen molar-refractivity contribution in [3.8, 4) is 5.75 Å². The third kappa shape index (κ3) is 4.83. The summed E-state index contributed by atoms with van der Waals surface area (Å²) in [7, 11) is 0. The molecule has 2 aromatic rings. The van der Waals surface area contributed by atoms with E-state index in [0.29, 0.717) is 5.69 Å². The normalized spacial score (nSPS) is 13.1. The first-order valence-electron chi connectivity index (χ1n) is 8.77. The number of rotatable bonds is 5. The smallest absolute Gasteiger partial charge is 0.298 e. The molecule has 0 fully saturated rings. The van der Waals surface area contributed by atoms with Gasteiger partial charge < -0.3 is 5.11 Å². The van der Waals surface area contributed by atoms with Crippen molar-refractivity contribution in [1.82, 2.24) is 0 Å². The minimum atomic E-state index is -0.559. The molecule has 0 aliphatic carbocycles. The number of hydrogen-bond acceptors (Lipinski definition) is 5. The van der Waals surface area contributed by atoms with Crippen LogP contribution in [0, 0.1) is 10.1 Å². The van der Waals surface area contributed by atoms with Crippen molar-refractivity contribution < 1.29 is 10.0 Å². The van der Waals surface area contributed by atoms with E-state index in [2.05, 4.69) is 31.0 Å². The van der Waals surface area contributed by atoms with Crippen molar-refractivity contribution in [2.24, 2.45) is 10.2 Å². The molecule has 0 aliphatic rings. The lowest BCUT2D eigenvalue weighted by Crippen LogP contribution is -2.12. The maximum absolute atomic E-state index is 11.2. The molecular weight excluding hydrogens is 366 g/mol. The van der Waals surface area contributed by atoms with Gasteiger partial charge in [0, 0.05) is 11.1 Å². The van der Waals surface area contributed by atoms with Crippen LogP contribution >= 0.6 is 11.6 Å². The Morgan fingerprint density at radius 2 is 1.81 bits per heavy atom. The largest absolute Gasteiger partial charge is 0.505 e. The standard InChI is InChI=1S/C20H24ClN3O3/c1-6-12(2)15-9-13(20(3,4)5)10-17(19(15)25)23-22-16-8-7-14(21)11-18(16)24(26)27/h7-12,25H,6H2,1-5H3. The van der Waals surface area contributed by atoms with E-state index in [9.17, 15) is 15.2 Å². The minimum absolute atomic E-state index is 0.0534. The molecule has 0 aromatic heterocycles. The Morgan fingerprint density at radius 3 is 2.37 bits per heavy atom. The number of hydrogen-bond donors (Lipinski definition) is 1. The summed E-state index contributed by atoms with van der Waals surface area (Å²) in [6, 6.07) is 7.94. The zero-order valence-electron chi connectivity index (χ0n) is 16.2. The quantitative estimate of drug-likeness (QED) is 0.333. The molecule has 0 amide bonds. The fraction of sp³-hybridized carbons (Fsp3) is 0.400. The molecular formula is C20H24ClN3O3. The topological polar surface area (TPSA) is 88.1 Å². The number of nitro groups is 1. The van der Waals surface area contributed by atoms with Crippen molar-refractivity contribution in [3.05, 3.63) is 56.6 Å². The Kier molecular flexibility index (Phi) is 6.21. The van der Waals surface area contributed by atoms with Gasteiger partial charge in [-0.25, -0.2) is 0 Å². The first kappa shape index (κ1) is 20.8. The molecule has 0 bridgehead atoms. The number of phenolic OH excluding ortho intramolecular Hbond substituents is 1. The van der Waals surface area contributed by atoms with Crippen LogP contribution < -0.4 is 0 Å². The molecule has 0 saturated carbocycles. The molecule has 2 aromatic carbocycles. The van der Waals surface area contributed by atoms with Crippen molar-refractivity contribution in [3.63, 3.8) is 0 Å². The first-order chi connectivity index (χ1) is 12.5. The fourth-order valence-electron chi connectivity index (χ4n) is 2.58. The van der Waals surface area contributed by atoms with Gasteiger partial charge in [0.25, 0.3) is 5.69 Å². The third-order valence-corrected chi connectivity index (χ3v) is 4.76. The van der Waals surface area contributed by atoms with Crippen molar-refractivity contribution in [2.75, 3.05) is 0 Å². The van der Waals surface area contributed by atoms with Gasteiger partial charge in [-0.1, -0.05) is 52.3 Å². The summed E-state index contributed by atoms with van der Waals surface area (Å²) >= 11 is 5.83. The van der Waals surface area contributed by atoms with Crippen LogP contribution in [0.1, 0.15) is 58.1 Å². The average Bonchev–Trinajstić information content (AvgIpc) is 2.59. The van der Waals surface area contributed by atoms with Gasteiger partial charge in [-0.2, -0.15) is 0 Å². The maximum atomic E-state index is 11.2. The van der Waals surface area contributed by atoms with Gasteiger partial charge in [0.1, 0.15) is 11.4 Å². The second-order valence-electron chi connectivity index (χ2n) is 7.58. The number of nitro benzene ring substituents is 1. The van der Waals surface area contributed by atoms with Gasteiger partial charge >= 0.3 is 0 Å². The number of nitrogens with zero attached hydrogens (tertiary/aromatic N) is 3. The van der Waals surface area contributed by atoms with Gasteiger partial charge in [-0.15, -0.1) is 10.2 Å². The molecule has 27 heavy (non-hydrogen) atoms. The Labute approximate surface area is 164 Å². The van der Waals surface area contributed by atoms with Gasteiger partial charge in [0.05, 0.1) is 4.92 Å². The summed E-state index contributed by atoms with van der Waals surface area (Å²) in [5.74, 6) is 0.198. The van der Waals surface area contributed by atoms with Crippen LogP contribution in [0.25, 0.3) is 0 Å². The number of benzene rings is 2. The summed E-state index contributed by atoms with van der Waals surface area (Å²) in [6.45, 7) is 10.3. The molecule has 144 valence electrons. The van der Waals surface area contributed by atoms with E-state index in [-0.39, 0.29) is 33.5 Å². The number of phenols is 1. The predicted octanol–water partition coefficient (Wildman–Crippen LogP) is 7.18. The Bertz CT molecular complexity index is 889. The van der Waals surface area contributed by atoms with E-state index in [0.717, 1.165) is 17.5 Å². The van der Waals surface area contributed by atoms with Crippen LogP contribution in [0.2, 0.25) is 5.02 Å². The lowest BCUT2D eigenvalue weighted by Gasteiger charge is -2.23. The number of azo groups is 1. The third-order valence-electron chi connectivity index (χ3n) is 4.53. The van der Waals surface area contributed by atoms with E-state index < -0.39 is 4.92 Å². The van der Waals surface area contributed by atoms with Crippen LogP contribution in [0.3, 0.4) is 0 Å². The highest BCUT2D eigenvalue weighted by atomic mass is 35.5. The zero-order valence-corrected chi connectivity index (χ0v) is 16.9. The monoisotopic (exact) mass is 389 g/mol. The molecule has 0 aliphatic heterocycles. The van der Waals surface area contributed by atoms with Crippen LogP contribution in [0.15, 0.2) is 40.6 Å². The van der Waals surface area contributed by atoms with Crippen LogP contribution in [-0.4, -0.2) is 10.0 Å². The Hall–Kier alpha value is -2.47. The Morgan fingerprint density at radius 1 is 1.19 bits per heavy atom. The lowest BCUT2D eigenvalue weighted by molar-refractivity contribution is -0.384. The predicted molar refractivity (Wildman–Crippen MR) is 108 cm³/mol. The van der Waals surface area contributed by atoms with E-state index in [1.54, 1.807) is 6.07 Å². The zero-order chi connectivity index (χ0) is 20.4. The second-order valence-corrected chi connectivity index (χ2v) is 8.02. The second kappa shape index (κ2) is 8.05. The molecule has 1 atom stereocenters. The van der Waals surface area contributed by atoms with E-state index in [1.165, 1.54) is 18.2 Å². The molecule has 0 saturated heterocycles. The Balaban J connectivity index is 2.59. The lowest BCUT2D eigenvalue weighted by atomic mass is 9.83. The van der Waals surface area contributed by atoms with Gasteiger partial charge in [-0.05, 0) is 47.1 Å². The molecule has 2 rings (SSSR count). The maximum Gasteiger partial charge on any atom is 0.298 e. The number of halogens is 1. The SMILES string of the molecule is CCC(C)c1cc(C(C)(C)C)cc(N=Nc2ccc(Cl)cc2[N+](=O)[O-])c1O. The van der Waals surface area contributed by atoms with Crippen LogP contribution in [0.5, 0.6) is 5.75 Å². The van der Waals surface area contributed by atoms with E-state index >= 15 is 0 Å². The average molecular weight is 390 g/mol. The highest BCUT2D eigenvalue weighted by Gasteiger charge is 2.21. The van der Waals surface area contributed by atoms with Gasteiger partial charge in [-0.3, -0.25) is 10.1 Å². The molecule has 0 heterocycles. The fourth-order valence-corrected chi connectivity index (χ4v) is 2.75. The molecule has 6 nitrogen and oxygen atoms in total. The highest BCUT2D eigenvalue weighted by molar-refractivity contribution is 6.30. The van der Waals surface area contributed by atoms with E-state index in [1.807, 2.05) is 19.9 Å². The molecule has 7 heteroatoms. The van der Waals surface area contributed by atoms with Crippen molar-refractivity contribution in [1.29, 1.82) is 0 Å². The summed E-state index contributed by atoms with van der Waals surface area (Å²) in [5.41, 5.74) is 1.79. The minimum Gasteiger partial charge on any atom is -0.505 e. The van der Waals surface area contributed by atoms with Crippen molar-refractivity contribution in [2.45, 2.75) is 52.4 Å². The first-order valence-corrected chi connectivity index (χ1v) is 9.15. The van der Waals surface area contributed by atoms with Gasteiger partial charge in [0.15, 0.2) is 5.69 Å². The molecule has 0 spiro atoms. The van der Waals surface area contributed by atoms with E-state index in [4.69, 9.17) is 11.6 Å². The summed E-state index contributed by atoms with van der Waals surface area (Å²) in [5, 5.41) is 30.3. The highest BCUT2D eigenvalue weighted by Crippen LogP contribution is 2.41. The summed E-state index contributed by atoms with van der Waals surface area (Å²) < 4.78 is 0. The van der Waals surface area contributed by atoms with Crippen molar-refractivity contribution >= 4 is 28.7 Å².